The molecule has 41 heavy (non-hydrogen) atoms. The molecule has 0 aromatic carbocycles. The highest BCUT2D eigenvalue weighted by Gasteiger charge is 2.69. The molecular formula is C35H56N2O4. The van der Waals surface area contributed by atoms with Gasteiger partial charge in [-0.1, -0.05) is 60.1 Å². The Hall–Kier alpha value is -1.85. The Kier molecular flexibility index (Phi) is 7.55. The second-order valence-corrected chi connectivity index (χ2v) is 16.1. The summed E-state index contributed by atoms with van der Waals surface area (Å²) in [4.78, 5) is 38.1. The number of hydrogen-bond acceptors (Lipinski definition) is 4. The third kappa shape index (κ3) is 4.26. The number of amides is 2. The van der Waals surface area contributed by atoms with Gasteiger partial charge in [0.2, 0.25) is 11.8 Å². The van der Waals surface area contributed by atoms with E-state index in [0.717, 1.165) is 51.4 Å². The second-order valence-electron chi connectivity index (χ2n) is 16.1. The summed E-state index contributed by atoms with van der Waals surface area (Å²) in [6, 6.07) is 0. The van der Waals surface area contributed by atoms with Gasteiger partial charge < -0.3 is 15.4 Å². The highest BCUT2D eigenvalue weighted by Crippen LogP contribution is 2.75. The van der Waals surface area contributed by atoms with Crippen molar-refractivity contribution < 1.29 is 19.1 Å². The summed E-state index contributed by atoms with van der Waals surface area (Å²) in [7, 11) is 1.62. The van der Waals surface area contributed by atoms with Crippen LogP contribution in [0.5, 0.6) is 0 Å². The molecule has 5 rings (SSSR count). The van der Waals surface area contributed by atoms with E-state index in [1.807, 2.05) is 0 Å². The van der Waals surface area contributed by atoms with E-state index in [9.17, 15) is 14.4 Å². The minimum atomic E-state index is -0.431. The molecule has 2 N–H and O–H groups in total. The van der Waals surface area contributed by atoms with Crippen molar-refractivity contribution in [2.24, 2.45) is 56.7 Å². The van der Waals surface area contributed by atoms with Crippen LogP contribution in [-0.2, 0) is 19.1 Å². The predicted octanol–water partition coefficient (Wildman–Crippen LogP) is 6.44. The molecule has 0 spiro atoms. The van der Waals surface area contributed by atoms with Crippen molar-refractivity contribution in [2.45, 2.75) is 119 Å². The molecule has 0 aliphatic heterocycles. The number of allylic oxidation sites excluding steroid dienone is 2. The summed E-state index contributed by atoms with van der Waals surface area (Å²) >= 11 is 0. The van der Waals surface area contributed by atoms with Gasteiger partial charge >= 0.3 is 5.97 Å². The van der Waals surface area contributed by atoms with Gasteiger partial charge in [0.1, 0.15) is 6.10 Å². The van der Waals surface area contributed by atoms with E-state index < -0.39 is 5.41 Å². The van der Waals surface area contributed by atoms with Crippen LogP contribution in [0.15, 0.2) is 11.6 Å². The van der Waals surface area contributed by atoms with Crippen LogP contribution in [0.3, 0.4) is 0 Å². The van der Waals surface area contributed by atoms with Crippen LogP contribution in [0, 0.1) is 56.7 Å². The van der Waals surface area contributed by atoms with E-state index in [1.54, 1.807) is 19.5 Å². The molecule has 10 atom stereocenters. The summed E-state index contributed by atoms with van der Waals surface area (Å²) in [6.07, 6.45) is 11.9. The first-order valence-electron chi connectivity index (χ1n) is 16.4. The fourth-order valence-electron chi connectivity index (χ4n) is 11.7. The summed E-state index contributed by atoms with van der Waals surface area (Å²) in [5, 5.41) is 5.71. The first kappa shape index (κ1) is 30.6. The number of ether oxygens (including phenoxy) is 1. The average molecular weight is 569 g/mol. The largest absolute Gasteiger partial charge is 0.462 e. The molecule has 4 fully saturated rings. The third-order valence-corrected chi connectivity index (χ3v) is 14.4. The summed E-state index contributed by atoms with van der Waals surface area (Å²) in [5.41, 5.74) is 1.44. The molecule has 6 nitrogen and oxygen atoms in total. The summed E-state index contributed by atoms with van der Waals surface area (Å²) in [5.74, 6) is 2.06. The van der Waals surface area contributed by atoms with Gasteiger partial charge in [0.25, 0.3) is 0 Å². The molecule has 0 saturated heterocycles. The number of fused-ring (bicyclic) bond motifs is 7. The van der Waals surface area contributed by atoms with E-state index >= 15 is 0 Å². The highest BCUT2D eigenvalue weighted by atomic mass is 16.5. The first-order valence-corrected chi connectivity index (χ1v) is 16.4. The van der Waals surface area contributed by atoms with Gasteiger partial charge in [-0.15, -0.1) is 0 Å². The number of carbonyl (C=O) groups is 3. The maximum Gasteiger partial charge on any atom is 0.302 e. The zero-order chi connectivity index (χ0) is 30.2. The monoisotopic (exact) mass is 568 g/mol. The maximum absolute atomic E-state index is 14.0. The molecule has 6 heteroatoms. The molecule has 0 aromatic heterocycles. The fraction of sp³-hybridized carbons (Fsp3) is 0.857. The fourth-order valence-corrected chi connectivity index (χ4v) is 11.7. The molecule has 4 saturated carbocycles. The van der Waals surface area contributed by atoms with Gasteiger partial charge in [-0.2, -0.15) is 0 Å². The molecule has 230 valence electrons. The standard InChI is InChI=1S/C35H56N2O4/c1-21-12-17-35(30(40)37-20-28(39)36-9)19-18-33(7)24(29(35)22(21)2)10-11-26-32(6)15-14-27(41-23(3)38)31(4,5)25(32)13-16-34(26,33)8/h10,21-22,25-27,29H,11-20H2,1-9H3,(H,36,39)(H,37,40)/t21-,22+,25?,26?,27+,29?,32+,33-,34-,35+/m1/s1. The highest BCUT2D eigenvalue weighted by molar-refractivity contribution is 5.88. The van der Waals surface area contributed by atoms with Crippen LogP contribution < -0.4 is 10.6 Å². The number of carbonyl (C=O) groups excluding carboxylic acids is 3. The van der Waals surface area contributed by atoms with Crippen LogP contribution in [-0.4, -0.2) is 37.5 Å². The van der Waals surface area contributed by atoms with Crippen molar-refractivity contribution >= 4 is 17.8 Å². The lowest BCUT2D eigenvalue weighted by Crippen LogP contribution is -2.66. The number of nitrogens with one attached hydrogen (secondary N) is 2. The van der Waals surface area contributed by atoms with Gasteiger partial charge in [-0.25, -0.2) is 0 Å². The second kappa shape index (κ2) is 10.1. The SMILES string of the molecule is CNC(=O)CNC(=O)[C@]12CC[C@@H](C)[C@H](C)C1C1=CCC3[C@@]4(C)CC[C@H](OC(C)=O)C(C)(C)C4CC[C@@]3(C)[C@]1(C)CC2. The van der Waals surface area contributed by atoms with E-state index in [2.05, 4.69) is 65.2 Å². The molecule has 2 amide bonds. The van der Waals surface area contributed by atoms with Crippen molar-refractivity contribution in [3.63, 3.8) is 0 Å². The van der Waals surface area contributed by atoms with Crippen molar-refractivity contribution in [3.05, 3.63) is 11.6 Å². The van der Waals surface area contributed by atoms with Gasteiger partial charge in [-0.05, 0) is 104 Å². The summed E-state index contributed by atoms with van der Waals surface area (Å²) < 4.78 is 5.91. The Morgan fingerprint density at radius 2 is 1.63 bits per heavy atom. The number of likely N-dealkylation sites (N-methyl/N-ethyl adjacent to an activating group) is 1. The normalized spacial score (nSPS) is 46.4. The van der Waals surface area contributed by atoms with Crippen LogP contribution >= 0.6 is 0 Å². The molecule has 0 radical (unpaired) electrons. The third-order valence-electron chi connectivity index (χ3n) is 14.4. The lowest BCUT2D eigenvalue weighted by Gasteiger charge is -2.71. The molecule has 0 aromatic rings. The molecular weight excluding hydrogens is 512 g/mol. The zero-order valence-electron chi connectivity index (χ0n) is 27.2. The van der Waals surface area contributed by atoms with E-state index in [-0.39, 0.29) is 58.0 Å². The number of esters is 1. The minimum absolute atomic E-state index is 0.0131. The Morgan fingerprint density at radius 3 is 2.29 bits per heavy atom. The molecule has 0 bridgehead atoms. The van der Waals surface area contributed by atoms with E-state index in [4.69, 9.17) is 4.74 Å². The van der Waals surface area contributed by atoms with Crippen molar-refractivity contribution in [2.75, 3.05) is 13.6 Å². The Morgan fingerprint density at radius 1 is 0.927 bits per heavy atom. The zero-order valence-corrected chi connectivity index (χ0v) is 27.2. The predicted molar refractivity (Wildman–Crippen MR) is 162 cm³/mol. The Bertz CT molecular complexity index is 1130. The smallest absolute Gasteiger partial charge is 0.302 e. The Balaban J connectivity index is 1.53. The number of rotatable bonds is 4. The molecule has 3 unspecified atom stereocenters. The maximum atomic E-state index is 14.0. The van der Waals surface area contributed by atoms with E-state index in [1.165, 1.54) is 6.42 Å². The molecule has 0 heterocycles. The van der Waals surface area contributed by atoms with Crippen molar-refractivity contribution in [1.82, 2.24) is 10.6 Å². The molecule has 5 aliphatic carbocycles. The number of hydrogen-bond donors (Lipinski definition) is 2. The van der Waals surface area contributed by atoms with Crippen LogP contribution in [0.4, 0.5) is 0 Å². The quantitative estimate of drug-likeness (QED) is 0.302. The summed E-state index contributed by atoms with van der Waals surface area (Å²) in [6.45, 7) is 18.7. The van der Waals surface area contributed by atoms with Gasteiger partial charge in [0, 0.05) is 19.4 Å². The molecule has 5 aliphatic rings. The van der Waals surface area contributed by atoms with E-state index in [0.29, 0.717) is 23.7 Å². The van der Waals surface area contributed by atoms with Gasteiger partial charge in [0.15, 0.2) is 0 Å². The van der Waals surface area contributed by atoms with Gasteiger partial charge in [0.05, 0.1) is 12.0 Å². The lowest BCUT2D eigenvalue weighted by atomic mass is 9.33. The van der Waals surface area contributed by atoms with Crippen LogP contribution in [0.2, 0.25) is 0 Å². The minimum Gasteiger partial charge on any atom is -0.462 e. The lowest BCUT2D eigenvalue weighted by molar-refractivity contribution is -0.212. The van der Waals surface area contributed by atoms with Crippen LogP contribution in [0.1, 0.15) is 113 Å². The van der Waals surface area contributed by atoms with Gasteiger partial charge in [-0.3, -0.25) is 14.4 Å². The average Bonchev–Trinajstić information content (AvgIpc) is 2.91. The topological polar surface area (TPSA) is 84.5 Å². The Labute approximate surface area is 248 Å². The van der Waals surface area contributed by atoms with Crippen molar-refractivity contribution in [3.8, 4) is 0 Å². The first-order chi connectivity index (χ1) is 19.1. The van der Waals surface area contributed by atoms with Crippen molar-refractivity contribution in [1.29, 1.82) is 0 Å². The van der Waals surface area contributed by atoms with Crippen LogP contribution in [0.25, 0.3) is 0 Å².